The third-order valence-electron chi connectivity index (χ3n) is 2.22. The summed E-state index contributed by atoms with van der Waals surface area (Å²) in [5, 5.41) is 5.61. The Hall–Kier alpha value is -2.16. The monoisotopic (exact) mass is 285 g/mol. The first-order chi connectivity index (χ1) is 9.69. The highest BCUT2D eigenvalue weighted by Crippen LogP contribution is 2.11. The highest BCUT2D eigenvalue weighted by molar-refractivity contribution is 5.76. The van der Waals surface area contributed by atoms with E-state index in [1.165, 1.54) is 14.2 Å². The van der Waals surface area contributed by atoms with Gasteiger partial charge in [0, 0.05) is 26.6 Å². The number of amides is 1. The summed E-state index contributed by atoms with van der Waals surface area (Å²) in [7, 11) is 4.47. The standard InChI is InChI=1S/C11H19N5O4/c1-18-7-6-12-8(17)4-5-13-9-14-10(19-2)16-11(15-9)20-3/h4-7H2,1-3H3,(H,12,17)(H,13,14,15,16). The quantitative estimate of drug-likeness (QED) is 0.582. The van der Waals surface area contributed by atoms with E-state index in [0.29, 0.717) is 32.1 Å². The summed E-state index contributed by atoms with van der Waals surface area (Å²) in [4.78, 5) is 23.3. The van der Waals surface area contributed by atoms with E-state index in [0.717, 1.165) is 0 Å². The zero-order chi connectivity index (χ0) is 14.8. The van der Waals surface area contributed by atoms with Crippen molar-refractivity contribution in [2.24, 2.45) is 0 Å². The van der Waals surface area contributed by atoms with Gasteiger partial charge in [0.25, 0.3) is 0 Å². The molecular weight excluding hydrogens is 266 g/mol. The molecule has 0 aromatic carbocycles. The van der Waals surface area contributed by atoms with Crippen LogP contribution in [0, 0.1) is 0 Å². The van der Waals surface area contributed by atoms with E-state index in [1.807, 2.05) is 0 Å². The zero-order valence-electron chi connectivity index (χ0n) is 11.8. The molecule has 1 aromatic rings. The van der Waals surface area contributed by atoms with Crippen molar-refractivity contribution in [3.8, 4) is 12.0 Å². The van der Waals surface area contributed by atoms with Crippen LogP contribution >= 0.6 is 0 Å². The number of carbonyl (C=O) groups is 1. The van der Waals surface area contributed by atoms with Crippen molar-refractivity contribution in [1.29, 1.82) is 0 Å². The van der Waals surface area contributed by atoms with E-state index in [9.17, 15) is 4.79 Å². The lowest BCUT2D eigenvalue weighted by molar-refractivity contribution is -0.121. The molecule has 0 unspecified atom stereocenters. The predicted octanol–water partition coefficient (Wildman–Crippen LogP) is -0.547. The highest BCUT2D eigenvalue weighted by Gasteiger charge is 2.07. The molecule has 1 aromatic heterocycles. The van der Waals surface area contributed by atoms with Crippen molar-refractivity contribution in [1.82, 2.24) is 20.3 Å². The molecule has 0 saturated heterocycles. The average molecular weight is 285 g/mol. The Morgan fingerprint density at radius 1 is 1.05 bits per heavy atom. The van der Waals surface area contributed by atoms with Crippen LogP contribution in [0.4, 0.5) is 5.95 Å². The van der Waals surface area contributed by atoms with Crippen LogP contribution in [0.2, 0.25) is 0 Å². The van der Waals surface area contributed by atoms with Crippen LogP contribution in [0.5, 0.6) is 12.0 Å². The third-order valence-corrected chi connectivity index (χ3v) is 2.22. The summed E-state index contributed by atoms with van der Waals surface area (Å²) in [5.74, 6) is 0.209. The summed E-state index contributed by atoms with van der Waals surface area (Å²) in [6, 6.07) is 0.285. The van der Waals surface area contributed by atoms with Gasteiger partial charge in [-0.3, -0.25) is 4.79 Å². The molecule has 0 aliphatic carbocycles. The van der Waals surface area contributed by atoms with Crippen LogP contribution in [-0.2, 0) is 9.53 Å². The molecule has 0 aliphatic rings. The maximum atomic E-state index is 11.4. The number of ether oxygens (including phenoxy) is 3. The molecule has 0 spiro atoms. The van der Waals surface area contributed by atoms with Gasteiger partial charge in [-0.1, -0.05) is 0 Å². The van der Waals surface area contributed by atoms with Crippen molar-refractivity contribution < 1.29 is 19.0 Å². The first-order valence-corrected chi connectivity index (χ1v) is 6.03. The van der Waals surface area contributed by atoms with Gasteiger partial charge in [0.1, 0.15) is 0 Å². The number of anilines is 1. The average Bonchev–Trinajstić information content (AvgIpc) is 2.47. The van der Waals surface area contributed by atoms with Crippen LogP contribution < -0.4 is 20.1 Å². The number of carbonyl (C=O) groups excluding carboxylic acids is 1. The van der Waals surface area contributed by atoms with Crippen molar-refractivity contribution in [3.63, 3.8) is 0 Å². The summed E-state index contributed by atoms with van der Waals surface area (Å²) < 4.78 is 14.7. The number of nitrogens with zero attached hydrogens (tertiary/aromatic N) is 3. The van der Waals surface area contributed by atoms with E-state index in [1.54, 1.807) is 7.11 Å². The maximum absolute atomic E-state index is 11.4. The van der Waals surface area contributed by atoms with E-state index < -0.39 is 0 Å². The first kappa shape index (κ1) is 15.9. The van der Waals surface area contributed by atoms with Crippen LogP contribution in [0.25, 0.3) is 0 Å². The first-order valence-electron chi connectivity index (χ1n) is 6.03. The summed E-state index contributed by atoms with van der Waals surface area (Å²) in [5.41, 5.74) is 0. The van der Waals surface area contributed by atoms with Gasteiger partial charge in [-0.05, 0) is 0 Å². The van der Waals surface area contributed by atoms with E-state index in [4.69, 9.17) is 14.2 Å². The Bertz CT molecular complexity index is 407. The predicted molar refractivity (Wildman–Crippen MR) is 70.9 cm³/mol. The fourth-order valence-electron chi connectivity index (χ4n) is 1.27. The van der Waals surface area contributed by atoms with Crippen molar-refractivity contribution in [3.05, 3.63) is 0 Å². The Morgan fingerprint density at radius 3 is 2.25 bits per heavy atom. The molecule has 0 saturated carbocycles. The maximum Gasteiger partial charge on any atom is 0.324 e. The minimum Gasteiger partial charge on any atom is -0.467 e. The van der Waals surface area contributed by atoms with Gasteiger partial charge < -0.3 is 24.8 Å². The molecule has 112 valence electrons. The second-order valence-electron chi connectivity index (χ2n) is 3.65. The number of hydrogen-bond donors (Lipinski definition) is 2. The van der Waals surface area contributed by atoms with Crippen LogP contribution in [0.1, 0.15) is 6.42 Å². The second kappa shape index (κ2) is 8.86. The van der Waals surface area contributed by atoms with E-state index in [-0.39, 0.29) is 17.9 Å². The van der Waals surface area contributed by atoms with Gasteiger partial charge in [-0.2, -0.15) is 9.97 Å². The molecule has 1 rings (SSSR count). The molecular formula is C11H19N5O4. The number of rotatable bonds is 9. The smallest absolute Gasteiger partial charge is 0.324 e. The zero-order valence-corrected chi connectivity index (χ0v) is 11.8. The van der Waals surface area contributed by atoms with Crippen LogP contribution in [-0.4, -0.2) is 61.9 Å². The fourth-order valence-corrected chi connectivity index (χ4v) is 1.27. The number of nitrogens with one attached hydrogen (secondary N) is 2. The molecule has 0 bridgehead atoms. The van der Waals surface area contributed by atoms with Crippen LogP contribution in [0.3, 0.4) is 0 Å². The van der Waals surface area contributed by atoms with Gasteiger partial charge in [0.2, 0.25) is 11.9 Å². The second-order valence-corrected chi connectivity index (χ2v) is 3.65. The minimum atomic E-state index is -0.0810. The van der Waals surface area contributed by atoms with E-state index >= 15 is 0 Å². The summed E-state index contributed by atoms with van der Waals surface area (Å²) in [6.45, 7) is 1.36. The van der Waals surface area contributed by atoms with Gasteiger partial charge >= 0.3 is 12.0 Å². The molecule has 1 heterocycles. The molecule has 1 amide bonds. The Kier molecular flexibility index (Phi) is 7.04. The number of aromatic nitrogens is 3. The Balaban J connectivity index is 2.39. The lowest BCUT2D eigenvalue weighted by Crippen LogP contribution is -2.28. The molecule has 0 atom stereocenters. The number of hydrogen-bond acceptors (Lipinski definition) is 8. The third kappa shape index (κ3) is 5.65. The molecule has 2 N–H and O–H groups in total. The van der Waals surface area contributed by atoms with Gasteiger partial charge in [-0.25, -0.2) is 0 Å². The van der Waals surface area contributed by atoms with Gasteiger partial charge in [0.05, 0.1) is 20.8 Å². The Morgan fingerprint density at radius 2 is 1.70 bits per heavy atom. The van der Waals surface area contributed by atoms with Crippen LogP contribution in [0.15, 0.2) is 0 Å². The fraction of sp³-hybridized carbons (Fsp3) is 0.636. The van der Waals surface area contributed by atoms with Crippen molar-refractivity contribution in [2.75, 3.05) is 46.3 Å². The van der Waals surface area contributed by atoms with Crippen molar-refractivity contribution in [2.45, 2.75) is 6.42 Å². The molecule has 0 fully saturated rings. The molecule has 20 heavy (non-hydrogen) atoms. The molecule has 9 heteroatoms. The SMILES string of the molecule is COCCNC(=O)CCNc1nc(OC)nc(OC)n1. The van der Waals surface area contributed by atoms with E-state index in [2.05, 4.69) is 25.6 Å². The normalized spacial score (nSPS) is 9.95. The lowest BCUT2D eigenvalue weighted by Gasteiger charge is -2.07. The lowest BCUT2D eigenvalue weighted by atomic mass is 10.4. The Labute approximate surface area is 117 Å². The largest absolute Gasteiger partial charge is 0.467 e. The van der Waals surface area contributed by atoms with Gasteiger partial charge in [-0.15, -0.1) is 4.98 Å². The number of methoxy groups -OCH3 is 3. The molecule has 9 nitrogen and oxygen atoms in total. The molecule has 0 radical (unpaired) electrons. The minimum absolute atomic E-state index is 0.0810. The van der Waals surface area contributed by atoms with Gasteiger partial charge in [0.15, 0.2) is 0 Å². The topological polar surface area (TPSA) is 107 Å². The van der Waals surface area contributed by atoms with Crippen molar-refractivity contribution >= 4 is 11.9 Å². The summed E-state index contributed by atoms with van der Waals surface area (Å²) in [6.07, 6.45) is 0.292. The highest BCUT2D eigenvalue weighted by atomic mass is 16.5. The molecule has 0 aliphatic heterocycles. The summed E-state index contributed by atoms with van der Waals surface area (Å²) >= 11 is 0.